The van der Waals surface area contributed by atoms with Crippen molar-refractivity contribution in [2.75, 3.05) is 5.32 Å². The highest BCUT2D eigenvalue weighted by molar-refractivity contribution is 6.11. The lowest BCUT2D eigenvalue weighted by Gasteiger charge is -2.27. The smallest absolute Gasteiger partial charge is 0.238 e. The summed E-state index contributed by atoms with van der Waals surface area (Å²) in [6.07, 6.45) is 6.37. The molecule has 2 N–H and O–H groups in total. The molecule has 5 nitrogen and oxygen atoms in total. The molecule has 1 aromatic rings. The van der Waals surface area contributed by atoms with Crippen LogP contribution in [0.4, 0.5) is 10.1 Å². The molecule has 0 saturated carbocycles. The Hall–Kier alpha value is -2.76. The van der Waals surface area contributed by atoms with E-state index in [1.54, 1.807) is 24.3 Å². The van der Waals surface area contributed by atoms with Crippen LogP contribution in [0.1, 0.15) is 6.42 Å². The van der Waals surface area contributed by atoms with Crippen LogP contribution in [0.2, 0.25) is 0 Å². The second kappa shape index (κ2) is 5.22. The van der Waals surface area contributed by atoms with Crippen molar-refractivity contribution in [2.45, 2.75) is 6.42 Å². The van der Waals surface area contributed by atoms with E-state index in [4.69, 9.17) is 0 Å². The number of hydrogen-bond donors (Lipinski definition) is 2. The standard InChI is InChI=1S/C16H13FN2O3/c17-10-4-6-11(7-5-10)18-13(20)9-16-8-2-1-3-12(16)14(21)19-15(16)22/h1-8,12H,9H2,(H,18,20)(H,19,21,22). The Bertz CT molecular complexity index is 709. The van der Waals surface area contributed by atoms with Gasteiger partial charge in [-0.15, -0.1) is 0 Å². The SMILES string of the molecule is O=C(CC12C=CC=CC1C(=O)NC2=O)Nc1ccc(F)cc1. The lowest BCUT2D eigenvalue weighted by atomic mass is 9.72. The molecular weight excluding hydrogens is 287 g/mol. The maximum absolute atomic E-state index is 12.8. The number of carbonyl (C=O) groups is 3. The molecule has 2 aliphatic rings. The van der Waals surface area contributed by atoms with Crippen molar-refractivity contribution in [3.05, 3.63) is 54.4 Å². The summed E-state index contributed by atoms with van der Waals surface area (Å²) in [5.41, 5.74) is -0.755. The van der Waals surface area contributed by atoms with E-state index < -0.39 is 34.9 Å². The molecule has 3 rings (SSSR count). The van der Waals surface area contributed by atoms with Crippen molar-refractivity contribution in [2.24, 2.45) is 11.3 Å². The van der Waals surface area contributed by atoms with Gasteiger partial charge >= 0.3 is 0 Å². The molecule has 1 aliphatic carbocycles. The average Bonchev–Trinajstić information content (AvgIpc) is 2.73. The van der Waals surface area contributed by atoms with Gasteiger partial charge in [0, 0.05) is 12.1 Å². The van der Waals surface area contributed by atoms with E-state index in [-0.39, 0.29) is 6.42 Å². The molecule has 3 amide bonds. The minimum absolute atomic E-state index is 0.159. The minimum atomic E-state index is -1.18. The van der Waals surface area contributed by atoms with Gasteiger partial charge in [0.25, 0.3) is 0 Å². The van der Waals surface area contributed by atoms with Gasteiger partial charge in [0.15, 0.2) is 0 Å². The molecule has 0 radical (unpaired) electrons. The molecular formula is C16H13FN2O3. The van der Waals surface area contributed by atoms with Crippen molar-refractivity contribution in [3.63, 3.8) is 0 Å². The van der Waals surface area contributed by atoms with Crippen LogP contribution in [0.3, 0.4) is 0 Å². The first-order chi connectivity index (χ1) is 10.5. The van der Waals surface area contributed by atoms with E-state index in [1.807, 2.05) is 0 Å². The van der Waals surface area contributed by atoms with Gasteiger partial charge in [0.05, 0.1) is 11.3 Å². The second-order valence-electron chi connectivity index (χ2n) is 5.31. The van der Waals surface area contributed by atoms with E-state index in [1.165, 1.54) is 24.3 Å². The first kappa shape index (κ1) is 14.2. The molecule has 1 heterocycles. The van der Waals surface area contributed by atoms with E-state index in [9.17, 15) is 18.8 Å². The van der Waals surface area contributed by atoms with Gasteiger partial charge in [0.2, 0.25) is 17.7 Å². The van der Waals surface area contributed by atoms with Crippen molar-refractivity contribution < 1.29 is 18.8 Å². The zero-order chi connectivity index (χ0) is 15.7. The first-order valence-corrected chi connectivity index (χ1v) is 6.78. The first-order valence-electron chi connectivity index (χ1n) is 6.78. The molecule has 22 heavy (non-hydrogen) atoms. The predicted molar refractivity (Wildman–Crippen MR) is 77.0 cm³/mol. The summed E-state index contributed by atoms with van der Waals surface area (Å²) in [7, 11) is 0. The topological polar surface area (TPSA) is 75.3 Å². The molecule has 6 heteroatoms. The van der Waals surface area contributed by atoms with Crippen LogP contribution in [0, 0.1) is 17.2 Å². The summed E-state index contributed by atoms with van der Waals surface area (Å²) < 4.78 is 12.8. The van der Waals surface area contributed by atoms with Crippen LogP contribution in [0.25, 0.3) is 0 Å². The Balaban J connectivity index is 1.79. The molecule has 2 atom stereocenters. The van der Waals surface area contributed by atoms with Crippen LogP contribution in [-0.2, 0) is 14.4 Å². The number of fused-ring (bicyclic) bond motifs is 1. The van der Waals surface area contributed by atoms with E-state index in [0.29, 0.717) is 5.69 Å². The van der Waals surface area contributed by atoms with Gasteiger partial charge in [-0.25, -0.2) is 4.39 Å². The van der Waals surface area contributed by atoms with E-state index in [0.717, 1.165) is 0 Å². The molecule has 1 aromatic carbocycles. The van der Waals surface area contributed by atoms with Crippen LogP contribution >= 0.6 is 0 Å². The van der Waals surface area contributed by atoms with Crippen molar-refractivity contribution in [1.29, 1.82) is 0 Å². The van der Waals surface area contributed by atoms with Crippen LogP contribution < -0.4 is 10.6 Å². The molecule has 0 aromatic heterocycles. The fraction of sp³-hybridized carbons (Fsp3) is 0.188. The van der Waals surface area contributed by atoms with E-state index in [2.05, 4.69) is 10.6 Å². The number of nitrogens with one attached hydrogen (secondary N) is 2. The number of hydrogen-bond acceptors (Lipinski definition) is 3. The predicted octanol–water partition coefficient (Wildman–Crippen LogP) is 1.54. The van der Waals surface area contributed by atoms with Crippen LogP contribution in [0.15, 0.2) is 48.6 Å². The van der Waals surface area contributed by atoms with Gasteiger partial charge in [0.1, 0.15) is 5.82 Å². The van der Waals surface area contributed by atoms with Gasteiger partial charge in [-0.2, -0.15) is 0 Å². The summed E-state index contributed by atoms with van der Waals surface area (Å²) in [6, 6.07) is 5.31. The summed E-state index contributed by atoms with van der Waals surface area (Å²) in [4.78, 5) is 36.1. The number of allylic oxidation sites excluding steroid dienone is 2. The van der Waals surface area contributed by atoms with Crippen molar-refractivity contribution >= 4 is 23.4 Å². The maximum Gasteiger partial charge on any atom is 0.238 e. The van der Waals surface area contributed by atoms with Crippen molar-refractivity contribution in [1.82, 2.24) is 5.32 Å². The average molecular weight is 300 g/mol. The quantitative estimate of drug-likeness (QED) is 0.831. The third kappa shape index (κ3) is 2.32. The number of rotatable bonds is 3. The summed E-state index contributed by atoms with van der Waals surface area (Å²) >= 11 is 0. The number of amides is 3. The molecule has 2 unspecified atom stereocenters. The Morgan fingerprint density at radius 2 is 1.95 bits per heavy atom. The van der Waals surface area contributed by atoms with Gasteiger partial charge < -0.3 is 5.32 Å². The fourth-order valence-electron chi connectivity index (χ4n) is 2.78. The van der Waals surface area contributed by atoms with Crippen LogP contribution in [-0.4, -0.2) is 17.7 Å². The zero-order valence-corrected chi connectivity index (χ0v) is 11.5. The molecule has 1 fully saturated rings. The lowest BCUT2D eigenvalue weighted by molar-refractivity contribution is -0.130. The molecule has 112 valence electrons. The molecule has 1 saturated heterocycles. The highest BCUT2D eigenvalue weighted by Gasteiger charge is 2.54. The largest absolute Gasteiger partial charge is 0.326 e. The third-order valence-electron chi connectivity index (χ3n) is 3.89. The minimum Gasteiger partial charge on any atom is -0.326 e. The molecule has 0 spiro atoms. The number of halogens is 1. The number of carbonyl (C=O) groups excluding carboxylic acids is 3. The maximum atomic E-state index is 12.8. The Kier molecular flexibility index (Phi) is 3.36. The summed E-state index contributed by atoms with van der Waals surface area (Å²) in [5.74, 6) is -2.37. The highest BCUT2D eigenvalue weighted by Crippen LogP contribution is 2.41. The zero-order valence-electron chi connectivity index (χ0n) is 11.5. The molecule has 1 aliphatic heterocycles. The second-order valence-corrected chi connectivity index (χ2v) is 5.31. The molecule has 0 bridgehead atoms. The monoisotopic (exact) mass is 300 g/mol. The van der Waals surface area contributed by atoms with Crippen molar-refractivity contribution in [3.8, 4) is 0 Å². The normalized spacial score (nSPS) is 25.8. The summed E-state index contributed by atoms with van der Waals surface area (Å²) in [6.45, 7) is 0. The number of imide groups is 1. The third-order valence-corrected chi connectivity index (χ3v) is 3.89. The van der Waals surface area contributed by atoms with Crippen LogP contribution in [0.5, 0.6) is 0 Å². The van der Waals surface area contributed by atoms with E-state index >= 15 is 0 Å². The highest BCUT2D eigenvalue weighted by atomic mass is 19.1. The van der Waals surface area contributed by atoms with Gasteiger partial charge in [-0.05, 0) is 24.3 Å². The fourth-order valence-corrected chi connectivity index (χ4v) is 2.78. The Labute approximate surface area is 125 Å². The van der Waals surface area contributed by atoms with Gasteiger partial charge in [-0.3, -0.25) is 19.7 Å². The summed E-state index contributed by atoms with van der Waals surface area (Å²) in [5, 5.41) is 4.87. The number of anilines is 1. The number of benzene rings is 1. The Morgan fingerprint density at radius 1 is 1.23 bits per heavy atom. The van der Waals surface area contributed by atoms with Gasteiger partial charge in [-0.1, -0.05) is 24.3 Å². The lowest BCUT2D eigenvalue weighted by Crippen LogP contribution is -2.37. The Morgan fingerprint density at radius 3 is 2.68 bits per heavy atom.